The minimum absolute atomic E-state index is 0.0722. The molecule has 1 aromatic carbocycles. The van der Waals surface area contributed by atoms with Gasteiger partial charge in [0.15, 0.2) is 0 Å². The van der Waals surface area contributed by atoms with Gasteiger partial charge in [-0.1, -0.05) is 5.57 Å². The summed E-state index contributed by atoms with van der Waals surface area (Å²) in [7, 11) is 0. The predicted octanol–water partition coefficient (Wildman–Crippen LogP) is 3.15. The molecule has 6 nitrogen and oxygen atoms in total. The van der Waals surface area contributed by atoms with E-state index < -0.39 is 0 Å². The fourth-order valence-electron chi connectivity index (χ4n) is 1.98. The fraction of sp³-hybridized carbons (Fsp3) is 0.235. The van der Waals surface area contributed by atoms with E-state index in [9.17, 15) is 9.59 Å². The van der Waals surface area contributed by atoms with Gasteiger partial charge in [-0.3, -0.25) is 14.3 Å². The predicted molar refractivity (Wildman–Crippen MR) is 97.1 cm³/mol. The van der Waals surface area contributed by atoms with Gasteiger partial charge in [0, 0.05) is 22.9 Å². The number of hydrogen-bond donors (Lipinski definition) is 2. The molecule has 126 valence electrons. The third kappa shape index (κ3) is 5.58. The smallest absolute Gasteiger partial charge is 0.248 e. The van der Waals surface area contributed by atoms with Crippen molar-refractivity contribution in [1.29, 1.82) is 0 Å². The molecule has 7 heteroatoms. The quantitative estimate of drug-likeness (QED) is 0.623. The van der Waals surface area contributed by atoms with E-state index in [1.54, 1.807) is 18.0 Å². The van der Waals surface area contributed by atoms with Gasteiger partial charge < -0.3 is 10.6 Å². The molecule has 0 atom stereocenters. The summed E-state index contributed by atoms with van der Waals surface area (Å²) in [4.78, 5) is 24.8. The summed E-state index contributed by atoms with van der Waals surface area (Å²) in [6.07, 6.45) is 6.63. The minimum atomic E-state index is -0.215. The van der Waals surface area contributed by atoms with Gasteiger partial charge in [-0.25, -0.2) is 0 Å². The van der Waals surface area contributed by atoms with Crippen LogP contribution in [-0.4, -0.2) is 27.9 Å². The largest absolute Gasteiger partial charge is 0.324 e. The van der Waals surface area contributed by atoms with Crippen molar-refractivity contribution in [1.82, 2.24) is 9.78 Å². The van der Waals surface area contributed by atoms with E-state index in [4.69, 9.17) is 0 Å². The SMILES string of the molecule is CSc1ccc(NC(=O)Cn2cc(NC(=O)C=C(C)C)cn2)cc1. The lowest BCUT2D eigenvalue weighted by atomic mass is 10.3. The standard InChI is InChI=1S/C17H20N4O2S/c1-12(2)8-16(22)20-14-9-18-21(10-14)11-17(23)19-13-4-6-15(24-3)7-5-13/h4-10H,11H2,1-3H3,(H,19,23)(H,20,22). The van der Waals surface area contributed by atoms with Crippen molar-refractivity contribution in [3.8, 4) is 0 Å². The van der Waals surface area contributed by atoms with Crippen LogP contribution in [0, 0.1) is 0 Å². The summed E-state index contributed by atoms with van der Waals surface area (Å²) in [5, 5.41) is 9.58. The molecule has 2 rings (SSSR count). The summed E-state index contributed by atoms with van der Waals surface area (Å²) in [6.45, 7) is 3.76. The molecule has 24 heavy (non-hydrogen) atoms. The highest BCUT2D eigenvalue weighted by atomic mass is 32.2. The van der Waals surface area contributed by atoms with Crippen LogP contribution in [0.3, 0.4) is 0 Å². The Balaban J connectivity index is 1.90. The van der Waals surface area contributed by atoms with Crippen molar-refractivity contribution in [2.24, 2.45) is 0 Å². The number of carbonyl (C=O) groups excluding carboxylic acids is 2. The molecule has 2 aromatic rings. The summed E-state index contributed by atoms with van der Waals surface area (Å²) >= 11 is 1.64. The minimum Gasteiger partial charge on any atom is -0.324 e. The second kappa shape index (κ2) is 8.35. The van der Waals surface area contributed by atoms with Crippen LogP contribution < -0.4 is 10.6 Å². The number of anilines is 2. The molecule has 1 heterocycles. The molecule has 0 fully saturated rings. The number of benzene rings is 1. The Kier molecular flexibility index (Phi) is 6.20. The van der Waals surface area contributed by atoms with Crippen molar-refractivity contribution >= 4 is 35.0 Å². The molecular weight excluding hydrogens is 324 g/mol. The zero-order valence-electron chi connectivity index (χ0n) is 13.9. The molecular formula is C17H20N4O2S. The topological polar surface area (TPSA) is 76.0 Å². The number of aromatic nitrogens is 2. The normalized spacial score (nSPS) is 10.1. The first-order valence-electron chi connectivity index (χ1n) is 7.38. The second-order valence-corrected chi connectivity index (χ2v) is 6.29. The van der Waals surface area contributed by atoms with Gasteiger partial charge in [-0.2, -0.15) is 5.10 Å². The van der Waals surface area contributed by atoms with E-state index in [-0.39, 0.29) is 18.4 Å². The van der Waals surface area contributed by atoms with Crippen LogP contribution in [0.4, 0.5) is 11.4 Å². The molecule has 2 amide bonds. The third-order valence-corrected chi connectivity index (χ3v) is 3.74. The maximum absolute atomic E-state index is 12.0. The third-order valence-electron chi connectivity index (χ3n) is 3.00. The van der Waals surface area contributed by atoms with Crippen LogP contribution >= 0.6 is 11.8 Å². The summed E-state index contributed by atoms with van der Waals surface area (Å²) < 4.78 is 1.48. The van der Waals surface area contributed by atoms with Gasteiger partial charge in [0.1, 0.15) is 6.54 Å². The molecule has 2 N–H and O–H groups in total. The monoisotopic (exact) mass is 344 g/mol. The molecule has 0 aliphatic rings. The molecule has 0 saturated heterocycles. The Morgan fingerprint density at radius 3 is 2.50 bits per heavy atom. The van der Waals surface area contributed by atoms with Crippen molar-refractivity contribution in [3.63, 3.8) is 0 Å². The van der Waals surface area contributed by atoms with Crippen molar-refractivity contribution in [3.05, 3.63) is 48.3 Å². The first-order valence-corrected chi connectivity index (χ1v) is 8.61. The molecule has 0 radical (unpaired) electrons. The van der Waals surface area contributed by atoms with Crippen LogP contribution in [0.5, 0.6) is 0 Å². The van der Waals surface area contributed by atoms with Gasteiger partial charge in [0.25, 0.3) is 0 Å². The number of hydrogen-bond acceptors (Lipinski definition) is 4. The molecule has 0 bridgehead atoms. The lowest BCUT2D eigenvalue weighted by Crippen LogP contribution is -2.19. The summed E-state index contributed by atoms with van der Waals surface area (Å²) in [5.41, 5.74) is 2.20. The first kappa shape index (κ1) is 17.8. The zero-order valence-corrected chi connectivity index (χ0v) is 14.7. The van der Waals surface area contributed by atoms with Crippen LogP contribution in [0.1, 0.15) is 13.8 Å². The number of allylic oxidation sites excluding steroid dienone is 1. The number of nitrogens with one attached hydrogen (secondary N) is 2. The maximum atomic E-state index is 12.0. The lowest BCUT2D eigenvalue weighted by Gasteiger charge is -2.06. The van der Waals surface area contributed by atoms with Crippen molar-refractivity contribution in [2.75, 3.05) is 16.9 Å². The van der Waals surface area contributed by atoms with Crippen molar-refractivity contribution < 1.29 is 9.59 Å². The van der Waals surface area contributed by atoms with E-state index in [1.807, 2.05) is 44.4 Å². The van der Waals surface area contributed by atoms with Crippen molar-refractivity contribution in [2.45, 2.75) is 25.3 Å². The van der Waals surface area contributed by atoms with Gasteiger partial charge in [0.05, 0.1) is 11.9 Å². The van der Waals surface area contributed by atoms with Crippen LogP contribution in [0.15, 0.2) is 53.2 Å². The molecule has 0 aliphatic heterocycles. The number of carbonyl (C=O) groups is 2. The Labute approximate surface area is 145 Å². The Morgan fingerprint density at radius 1 is 1.17 bits per heavy atom. The highest BCUT2D eigenvalue weighted by Gasteiger charge is 2.07. The molecule has 0 saturated carbocycles. The highest BCUT2D eigenvalue weighted by molar-refractivity contribution is 7.98. The fourth-order valence-corrected chi connectivity index (χ4v) is 2.39. The Morgan fingerprint density at radius 2 is 1.88 bits per heavy atom. The number of thioether (sulfide) groups is 1. The average molecular weight is 344 g/mol. The number of amides is 2. The molecule has 0 spiro atoms. The number of nitrogens with zero attached hydrogens (tertiary/aromatic N) is 2. The van der Waals surface area contributed by atoms with Gasteiger partial charge in [-0.05, 0) is 44.4 Å². The summed E-state index contributed by atoms with van der Waals surface area (Å²) in [6, 6.07) is 7.62. The van der Waals surface area contributed by atoms with Gasteiger partial charge in [-0.15, -0.1) is 11.8 Å². The molecule has 0 aliphatic carbocycles. The first-order chi connectivity index (χ1) is 11.5. The molecule has 0 unspecified atom stereocenters. The Bertz CT molecular complexity index is 746. The maximum Gasteiger partial charge on any atom is 0.248 e. The Hall–Kier alpha value is -2.54. The highest BCUT2D eigenvalue weighted by Crippen LogP contribution is 2.17. The zero-order chi connectivity index (χ0) is 17.5. The van der Waals surface area contributed by atoms with E-state index in [0.717, 1.165) is 16.2 Å². The van der Waals surface area contributed by atoms with E-state index in [1.165, 1.54) is 17.0 Å². The molecule has 1 aromatic heterocycles. The van der Waals surface area contributed by atoms with Crippen LogP contribution in [0.2, 0.25) is 0 Å². The van der Waals surface area contributed by atoms with Gasteiger partial charge in [0.2, 0.25) is 11.8 Å². The average Bonchev–Trinajstić information content (AvgIpc) is 2.93. The van der Waals surface area contributed by atoms with E-state index in [0.29, 0.717) is 5.69 Å². The van der Waals surface area contributed by atoms with E-state index in [2.05, 4.69) is 15.7 Å². The second-order valence-electron chi connectivity index (χ2n) is 5.41. The van der Waals surface area contributed by atoms with Crippen LogP contribution in [0.25, 0.3) is 0 Å². The van der Waals surface area contributed by atoms with Crippen LogP contribution in [-0.2, 0) is 16.1 Å². The van der Waals surface area contributed by atoms with Gasteiger partial charge >= 0.3 is 0 Å². The summed E-state index contributed by atoms with van der Waals surface area (Å²) in [5.74, 6) is -0.398. The van der Waals surface area contributed by atoms with E-state index >= 15 is 0 Å². The number of rotatable bonds is 6. The lowest BCUT2D eigenvalue weighted by molar-refractivity contribution is -0.117.